The van der Waals surface area contributed by atoms with Crippen molar-refractivity contribution >= 4 is 28.9 Å². The molecule has 3 rings (SSSR count). The third-order valence-corrected chi connectivity index (χ3v) is 4.31. The molecule has 3 heterocycles. The molecule has 13 heteroatoms. The number of carboxylic acid groups (broad SMARTS) is 1. The number of rotatable bonds is 7. The van der Waals surface area contributed by atoms with Crippen molar-refractivity contribution in [3.63, 3.8) is 0 Å². The number of hydrogen-bond acceptors (Lipinski definition) is 10. The van der Waals surface area contributed by atoms with Crippen LogP contribution in [0.25, 0.3) is 11.2 Å². The lowest BCUT2D eigenvalue weighted by molar-refractivity contribution is -0.141. The summed E-state index contributed by atoms with van der Waals surface area (Å²) in [6.07, 6.45) is -1.99. The second-order valence-corrected chi connectivity index (χ2v) is 6.26. The zero-order valence-electron chi connectivity index (χ0n) is 14.8. The van der Waals surface area contributed by atoms with E-state index < -0.39 is 49.1 Å². The molecule has 1 saturated heterocycles. The highest BCUT2D eigenvalue weighted by Gasteiger charge is 2.44. The highest BCUT2D eigenvalue weighted by atomic mass is 16.6. The van der Waals surface area contributed by atoms with Crippen molar-refractivity contribution in [3.05, 3.63) is 12.7 Å². The summed E-state index contributed by atoms with van der Waals surface area (Å²) in [4.78, 5) is 34.8. The molecule has 13 nitrogen and oxygen atoms in total. The van der Waals surface area contributed by atoms with E-state index in [0.29, 0.717) is 0 Å². The highest BCUT2D eigenvalue weighted by molar-refractivity contribution is 5.88. The number of aromatic nitrogens is 4. The molecule has 5 atom stereocenters. The molecule has 0 bridgehead atoms. The summed E-state index contributed by atoms with van der Waals surface area (Å²) in [5.41, 5.74) is 0.547. The van der Waals surface area contributed by atoms with Crippen LogP contribution in [0, 0.1) is 0 Å². The number of carboxylic acids is 1. The molecule has 28 heavy (non-hydrogen) atoms. The van der Waals surface area contributed by atoms with Crippen LogP contribution in [0.4, 0.5) is 5.82 Å². The van der Waals surface area contributed by atoms with E-state index in [1.54, 1.807) is 0 Å². The molecule has 0 saturated carbocycles. The first-order valence-corrected chi connectivity index (χ1v) is 8.39. The summed E-state index contributed by atoms with van der Waals surface area (Å²) in [5.74, 6) is -1.49. The van der Waals surface area contributed by atoms with Crippen molar-refractivity contribution < 1.29 is 34.8 Å². The lowest BCUT2D eigenvalue weighted by atomic mass is 10.1. The minimum absolute atomic E-state index is 0.216. The van der Waals surface area contributed by atoms with Crippen LogP contribution in [0.3, 0.4) is 0 Å². The van der Waals surface area contributed by atoms with E-state index in [1.807, 2.05) is 0 Å². The first-order valence-electron chi connectivity index (χ1n) is 8.39. The van der Waals surface area contributed by atoms with E-state index in [1.165, 1.54) is 24.1 Å². The van der Waals surface area contributed by atoms with E-state index in [-0.39, 0.29) is 23.5 Å². The van der Waals surface area contributed by atoms with Gasteiger partial charge < -0.3 is 35.8 Å². The van der Waals surface area contributed by atoms with Gasteiger partial charge in [-0.25, -0.2) is 15.0 Å². The molecule has 1 amide bonds. The Morgan fingerprint density at radius 3 is 2.68 bits per heavy atom. The van der Waals surface area contributed by atoms with E-state index in [2.05, 4.69) is 25.6 Å². The van der Waals surface area contributed by atoms with E-state index in [0.717, 1.165) is 0 Å². The van der Waals surface area contributed by atoms with Gasteiger partial charge in [-0.15, -0.1) is 0 Å². The van der Waals surface area contributed by atoms with Gasteiger partial charge in [0.05, 0.1) is 19.5 Å². The zero-order valence-corrected chi connectivity index (χ0v) is 14.8. The Labute approximate surface area is 158 Å². The van der Waals surface area contributed by atoms with Gasteiger partial charge >= 0.3 is 5.97 Å². The molecule has 0 aromatic carbocycles. The predicted molar refractivity (Wildman–Crippen MR) is 92.1 cm³/mol. The molecular weight excluding hydrogens is 376 g/mol. The van der Waals surface area contributed by atoms with Crippen LogP contribution in [0.2, 0.25) is 0 Å². The van der Waals surface area contributed by atoms with Crippen molar-refractivity contribution in [1.82, 2.24) is 24.8 Å². The maximum atomic E-state index is 11.8. The van der Waals surface area contributed by atoms with Crippen molar-refractivity contribution in [2.75, 3.05) is 18.5 Å². The minimum Gasteiger partial charge on any atom is -0.480 e. The number of nitrogens with one attached hydrogen (secondary N) is 2. The monoisotopic (exact) mass is 396 g/mol. The lowest BCUT2D eigenvalue weighted by Gasteiger charge is -2.16. The average molecular weight is 396 g/mol. The van der Waals surface area contributed by atoms with E-state index >= 15 is 0 Å². The molecule has 2 aromatic rings. The Morgan fingerprint density at radius 1 is 1.29 bits per heavy atom. The summed E-state index contributed by atoms with van der Waals surface area (Å²) in [6, 6.07) is -1.04. The summed E-state index contributed by atoms with van der Waals surface area (Å²) in [6.45, 7) is 0.628. The predicted octanol–water partition coefficient (Wildman–Crippen LogP) is -2.56. The smallest absolute Gasteiger partial charge is 0.325 e. The van der Waals surface area contributed by atoms with Crippen LogP contribution >= 0.6 is 0 Å². The number of aliphatic hydroxyl groups excluding tert-OH is 3. The van der Waals surface area contributed by atoms with Crippen LogP contribution in [0.15, 0.2) is 12.7 Å². The van der Waals surface area contributed by atoms with Gasteiger partial charge in [-0.1, -0.05) is 0 Å². The number of amides is 1. The number of aliphatic carboxylic acids is 1. The number of hydrogen-bond donors (Lipinski definition) is 6. The highest BCUT2D eigenvalue weighted by Crippen LogP contribution is 2.31. The molecule has 0 spiro atoms. The van der Waals surface area contributed by atoms with Crippen LogP contribution in [0.1, 0.15) is 13.2 Å². The van der Waals surface area contributed by atoms with Crippen molar-refractivity contribution in [2.24, 2.45) is 0 Å². The molecular formula is C15H20N6O7. The van der Waals surface area contributed by atoms with Crippen molar-refractivity contribution in [2.45, 2.75) is 37.5 Å². The summed E-state index contributed by atoms with van der Waals surface area (Å²) in [5, 5.41) is 43.1. The van der Waals surface area contributed by atoms with Gasteiger partial charge in [-0.05, 0) is 6.92 Å². The Morgan fingerprint density at radius 2 is 2.04 bits per heavy atom. The van der Waals surface area contributed by atoms with Crippen molar-refractivity contribution in [3.8, 4) is 0 Å². The van der Waals surface area contributed by atoms with Crippen molar-refractivity contribution in [1.29, 1.82) is 0 Å². The molecule has 5 unspecified atom stereocenters. The summed E-state index contributed by atoms with van der Waals surface area (Å²) in [7, 11) is 0. The first-order chi connectivity index (χ1) is 13.3. The van der Waals surface area contributed by atoms with Crippen LogP contribution in [0.5, 0.6) is 0 Å². The number of nitrogens with zero attached hydrogens (tertiary/aromatic N) is 4. The molecule has 1 aliphatic heterocycles. The van der Waals surface area contributed by atoms with Gasteiger partial charge in [-0.3, -0.25) is 14.2 Å². The Balaban J connectivity index is 1.76. The molecule has 0 radical (unpaired) electrons. The quantitative estimate of drug-likeness (QED) is 0.288. The van der Waals surface area contributed by atoms with E-state index in [9.17, 15) is 24.9 Å². The number of ether oxygens (including phenoxy) is 1. The average Bonchev–Trinajstić information content (AvgIpc) is 3.21. The third kappa shape index (κ3) is 3.73. The number of anilines is 1. The SMILES string of the molecule is CC(NC(=O)CNc1ncnc2c1ncn2C1OC(CO)C(O)C1O)C(=O)O. The number of fused-ring (bicyclic) bond motifs is 1. The molecule has 152 valence electrons. The first kappa shape index (κ1) is 19.9. The van der Waals surface area contributed by atoms with E-state index in [4.69, 9.17) is 9.84 Å². The fourth-order valence-corrected chi connectivity index (χ4v) is 2.80. The number of aliphatic hydroxyl groups is 3. The number of carbonyl (C=O) groups excluding carboxylic acids is 1. The Kier molecular flexibility index (Phi) is 5.69. The van der Waals surface area contributed by atoms with Gasteiger partial charge in [0.1, 0.15) is 30.7 Å². The molecule has 6 N–H and O–H groups in total. The van der Waals surface area contributed by atoms with Gasteiger partial charge in [-0.2, -0.15) is 0 Å². The van der Waals surface area contributed by atoms with Gasteiger partial charge in [0, 0.05) is 0 Å². The Hall–Kier alpha value is -2.87. The summed E-state index contributed by atoms with van der Waals surface area (Å²) >= 11 is 0. The maximum Gasteiger partial charge on any atom is 0.325 e. The molecule has 1 fully saturated rings. The lowest BCUT2D eigenvalue weighted by Crippen LogP contribution is -2.41. The Bertz CT molecular complexity index is 874. The topological polar surface area (TPSA) is 192 Å². The molecule has 2 aromatic heterocycles. The van der Waals surface area contributed by atoms with Crippen LogP contribution < -0.4 is 10.6 Å². The molecule has 0 aliphatic carbocycles. The fraction of sp³-hybridized carbons (Fsp3) is 0.533. The second kappa shape index (κ2) is 8.02. The number of imidazole rings is 1. The van der Waals surface area contributed by atoms with Crippen LogP contribution in [-0.4, -0.2) is 89.3 Å². The minimum atomic E-state index is -1.30. The standard InChI is InChI=1S/C15H20N6O7/c1-6(15(26)27)20-8(23)2-16-12-9-13(18-4-17-12)21(5-19-9)14-11(25)10(24)7(3-22)28-14/h4-7,10-11,14,22,24-25H,2-3H2,1H3,(H,20,23)(H,26,27)(H,16,17,18). The van der Waals surface area contributed by atoms with Gasteiger partial charge in [0.2, 0.25) is 5.91 Å². The zero-order chi connectivity index (χ0) is 20.4. The van der Waals surface area contributed by atoms with Gasteiger partial charge in [0.25, 0.3) is 0 Å². The fourth-order valence-electron chi connectivity index (χ4n) is 2.80. The normalized spacial score (nSPS) is 25.6. The van der Waals surface area contributed by atoms with Crippen LogP contribution in [-0.2, 0) is 14.3 Å². The third-order valence-electron chi connectivity index (χ3n) is 4.31. The van der Waals surface area contributed by atoms with Gasteiger partial charge in [0.15, 0.2) is 23.2 Å². The summed E-state index contributed by atoms with van der Waals surface area (Å²) < 4.78 is 6.85. The second-order valence-electron chi connectivity index (χ2n) is 6.26. The maximum absolute atomic E-state index is 11.8. The largest absolute Gasteiger partial charge is 0.480 e. The number of carbonyl (C=O) groups is 2. The molecule has 1 aliphatic rings.